The summed E-state index contributed by atoms with van der Waals surface area (Å²) in [5.74, 6) is -0.167. The van der Waals surface area contributed by atoms with Crippen molar-refractivity contribution in [1.82, 2.24) is 0 Å². The minimum Gasteiger partial charge on any atom is -0.465 e. The summed E-state index contributed by atoms with van der Waals surface area (Å²) in [4.78, 5) is 25.9. The van der Waals surface area contributed by atoms with Crippen LogP contribution in [0.5, 0.6) is 0 Å². The summed E-state index contributed by atoms with van der Waals surface area (Å²) in [6.07, 6.45) is 4.04. The van der Waals surface area contributed by atoms with Crippen molar-refractivity contribution in [3.05, 3.63) is 76.1 Å². The highest BCUT2D eigenvalue weighted by Crippen LogP contribution is 2.42. The Labute approximate surface area is 161 Å². The van der Waals surface area contributed by atoms with Crippen LogP contribution in [0.15, 0.2) is 53.1 Å². The lowest BCUT2D eigenvalue weighted by atomic mass is 9.83. The van der Waals surface area contributed by atoms with Gasteiger partial charge >= 0.3 is 5.97 Å². The maximum atomic E-state index is 12.4. The van der Waals surface area contributed by atoms with Crippen molar-refractivity contribution in [3.8, 4) is 0 Å². The molecule has 0 saturated heterocycles. The highest BCUT2D eigenvalue weighted by Gasteiger charge is 2.31. The molecule has 1 aromatic carbocycles. The van der Waals surface area contributed by atoms with Crippen molar-refractivity contribution in [2.45, 2.75) is 25.2 Å². The topological polar surface area (TPSA) is 68.5 Å². The molecule has 1 N–H and O–H groups in total. The zero-order valence-electron chi connectivity index (χ0n) is 14.9. The van der Waals surface area contributed by atoms with Gasteiger partial charge in [0.25, 0.3) is 5.91 Å². The number of methoxy groups -OCH3 is 1. The lowest BCUT2D eigenvalue weighted by Crippen LogP contribution is -2.16. The van der Waals surface area contributed by atoms with Gasteiger partial charge in [-0.15, -0.1) is 11.3 Å². The van der Waals surface area contributed by atoms with Crippen molar-refractivity contribution in [1.29, 1.82) is 0 Å². The maximum absolute atomic E-state index is 12.4. The summed E-state index contributed by atoms with van der Waals surface area (Å²) in [6.45, 7) is 0. The largest absolute Gasteiger partial charge is 0.465 e. The van der Waals surface area contributed by atoms with Gasteiger partial charge in [0.05, 0.1) is 18.9 Å². The highest BCUT2D eigenvalue weighted by atomic mass is 32.1. The number of carbonyl (C=O) groups excluding carboxylic acids is 2. The minimum absolute atomic E-state index is 0.208. The summed E-state index contributed by atoms with van der Waals surface area (Å²) in [7, 11) is 1.36. The van der Waals surface area contributed by atoms with Crippen LogP contribution in [0.4, 0.5) is 5.00 Å². The molecule has 3 aromatic rings. The highest BCUT2D eigenvalue weighted by molar-refractivity contribution is 7.17. The second-order valence-electron chi connectivity index (χ2n) is 6.48. The Morgan fingerprint density at radius 3 is 2.70 bits per heavy atom. The van der Waals surface area contributed by atoms with Crippen LogP contribution in [0, 0.1) is 0 Å². The van der Waals surface area contributed by atoms with Gasteiger partial charge in [-0.1, -0.05) is 30.3 Å². The number of fused-ring (bicyclic) bond motifs is 1. The molecule has 1 atom stereocenters. The van der Waals surface area contributed by atoms with Gasteiger partial charge in [-0.05, 0) is 48.4 Å². The molecule has 27 heavy (non-hydrogen) atoms. The van der Waals surface area contributed by atoms with E-state index in [0.29, 0.717) is 16.5 Å². The number of benzene rings is 1. The molecular formula is C21H19NO4S. The fourth-order valence-corrected chi connectivity index (χ4v) is 4.88. The van der Waals surface area contributed by atoms with E-state index in [4.69, 9.17) is 9.15 Å². The molecule has 1 aliphatic rings. The fourth-order valence-electron chi connectivity index (χ4n) is 3.57. The number of amides is 1. The van der Waals surface area contributed by atoms with Crippen LogP contribution >= 0.6 is 11.3 Å². The fraction of sp³-hybridized carbons (Fsp3) is 0.238. The molecule has 0 radical (unpaired) electrons. The van der Waals surface area contributed by atoms with Crippen LogP contribution < -0.4 is 5.32 Å². The molecule has 1 unspecified atom stereocenters. The number of anilines is 1. The molecule has 1 aliphatic carbocycles. The van der Waals surface area contributed by atoms with Gasteiger partial charge in [-0.2, -0.15) is 0 Å². The van der Waals surface area contributed by atoms with Crippen LogP contribution in [0.1, 0.15) is 49.3 Å². The molecular weight excluding hydrogens is 362 g/mol. The molecule has 0 fully saturated rings. The average Bonchev–Trinajstić information content (AvgIpc) is 3.35. The molecule has 5 nitrogen and oxygen atoms in total. The number of furan rings is 1. The standard InChI is InChI=1S/C21H19NO4S/c1-25-21(24)18-15-10-9-14(13-6-3-2-4-7-13)12-17(15)27-20(18)22-19(23)16-8-5-11-26-16/h2-8,11,14H,9-10,12H2,1H3,(H,22,23). The summed E-state index contributed by atoms with van der Waals surface area (Å²) in [5.41, 5.74) is 2.77. The zero-order valence-corrected chi connectivity index (χ0v) is 15.7. The third-order valence-electron chi connectivity index (χ3n) is 4.90. The van der Waals surface area contributed by atoms with Crippen molar-refractivity contribution in [3.63, 3.8) is 0 Å². The number of hydrogen-bond donors (Lipinski definition) is 1. The first-order valence-corrected chi connectivity index (χ1v) is 9.61. The zero-order chi connectivity index (χ0) is 18.8. The minimum atomic E-state index is -0.416. The molecule has 0 saturated carbocycles. The second-order valence-corrected chi connectivity index (χ2v) is 7.59. The number of esters is 1. The monoisotopic (exact) mass is 381 g/mol. The predicted molar refractivity (Wildman–Crippen MR) is 104 cm³/mol. The molecule has 2 heterocycles. The molecule has 1 amide bonds. The number of hydrogen-bond acceptors (Lipinski definition) is 5. The number of rotatable bonds is 4. The van der Waals surface area contributed by atoms with Crippen molar-refractivity contribution < 1.29 is 18.7 Å². The van der Waals surface area contributed by atoms with Crippen LogP contribution in [0.3, 0.4) is 0 Å². The number of carbonyl (C=O) groups is 2. The summed E-state index contributed by atoms with van der Waals surface area (Å²) in [5, 5.41) is 3.35. The van der Waals surface area contributed by atoms with Gasteiger partial charge in [-0.25, -0.2) is 4.79 Å². The van der Waals surface area contributed by atoms with Gasteiger partial charge in [0.2, 0.25) is 0 Å². The lowest BCUT2D eigenvalue weighted by molar-refractivity contribution is 0.0601. The van der Waals surface area contributed by atoms with Crippen LogP contribution in [0.25, 0.3) is 0 Å². The number of nitrogens with one attached hydrogen (secondary N) is 1. The number of thiophene rings is 1. The van der Waals surface area contributed by atoms with Crippen molar-refractivity contribution in [2.24, 2.45) is 0 Å². The maximum Gasteiger partial charge on any atom is 0.341 e. The van der Waals surface area contributed by atoms with E-state index in [1.165, 1.54) is 30.3 Å². The average molecular weight is 381 g/mol. The molecule has 0 aliphatic heterocycles. The Balaban J connectivity index is 1.66. The SMILES string of the molecule is COC(=O)c1c(NC(=O)c2ccco2)sc2c1CCC(c1ccccc1)C2. The summed E-state index contributed by atoms with van der Waals surface area (Å²) in [6, 6.07) is 13.6. The third-order valence-corrected chi connectivity index (χ3v) is 6.07. The van der Waals surface area contributed by atoms with Gasteiger partial charge in [0, 0.05) is 4.88 Å². The molecule has 4 rings (SSSR count). The van der Waals surface area contributed by atoms with E-state index in [2.05, 4.69) is 17.4 Å². The van der Waals surface area contributed by atoms with Gasteiger partial charge < -0.3 is 14.5 Å². The van der Waals surface area contributed by atoms with Crippen LogP contribution in [0.2, 0.25) is 0 Å². The first-order valence-electron chi connectivity index (χ1n) is 8.80. The van der Waals surface area contributed by atoms with E-state index < -0.39 is 5.97 Å². The Morgan fingerprint density at radius 1 is 1.19 bits per heavy atom. The Kier molecular flexibility index (Phi) is 4.81. The lowest BCUT2D eigenvalue weighted by Gasteiger charge is -2.22. The normalized spacial score (nSPS) is 15.8. The first-order chi connectivity index (χ1) is 13.2. The van der Waals surface area contributed by atoms with Gasteiger partial charge in [-0.3, -0.25) is 4.79 Å². The smallest absolute Gasteiger partial charge is 0.341 e. The molecule has 2 aromatic heterocycles. The van der Waals surface area contributed by atoms with E-state index in [0.717, 1.165) is 29.7 Å². The predicted octanol–water partition coefficient (Wildman–Crippen LogP) is 4.65. The van der Waals surface area contributed by atoms with Gasteiger partial charge in [0.1, 0.15) is 5.00 Å². The van der Waals surface area contributed by atoms with E-state index in [1.54, 1.807) is 12.1 Å². The molecule has 0 bridgehead atoms. The molecule has 0 spiro atoms. The van der Waals surface area contributed by atoms with E-state index in [1.807, 2.05) is 18.2 Å². The molecule has 6 heteroatoms. The second kappa shape index (κ2) is 7.40. The van der Waals surface area contributed by atoms with Crippen LogP contribution in [-0.4, -0.2) is 19.0 Å². The van der Waals surface area contributed by atoms with Gasteiger partial charge in [0.15, 0.2) is 5.76 Å². The first kappa shape index (κ1) is 17.5. The Bertz CT molecular complexity index is 960. The quantitative estimate of drug-likeness (QED) is 0.668. The van der Waals surface area contributed by atoms with E-state index in [9.17, 15) is 9.59 Å². The summed E-state index contributed by atoms with van der Waals surface area (Å²) < 4.78 is 10.1. The van der Waals surface area contributed by atoms with Crippen molar-refractivity contribution in [2.75, 3.05) is 12.4 Å². The Morgan fingerprint density at radius 2 is 2.00 bits per heavy atom. The Hall–Kier alpha value is -2.86. The van der Waals surface area contributed by atoms with Crippen LogP contribution in [-0.2, 0) is 17.6 Å². The van der Waals surface area contributed by atoms with Crippen molar-refractivity contribution >= 4 is 28.2 Å². The van der Waals surface area contributed by atoms with E-state index >= 15 is 0 Å². The number of ether oxygens (including phenoxy) is 1. The molecule has 138 valence electrons. The van der Waals surface area contributed by atoms with E-state index in [-0.39, 0.29) is 11.7 Å². The summed E-state index contributed by atoms with van der Waals surface area (Å²) >= 11 is 1.46. The third kappa shape index (κ3) is 3.40.